The van der Waals surface area contributed by atoms with Gasteiger partial charge in [0.05, 0.1) is 0 Å². The summed E-state index contributed by atoms with van der Waals surface area (Å²) in [5.41, 5.74) is 2.70. The minimum Gasteiger partial charge on any atom is -0.477 e. The van der Waals surface area contributed by atoms with Crippen molar-refractivity contribution >= 4 is 16.9 Å². The van der Waals surface area contributed by atoms with E-state index in [1.54, 1.807) is 13.1 Å². The van der Waals surface area contributed by atoms with Gasteiger partial charge in [-0.3, -0.25) is 0 Å². The number of fused-ring (bicyclic) bond motifs is 1. The zero-order valence-electron chi connectivity index (χ0n) is 11.2. The quantitative estimate of drug-likeness (QED) is 0.809. The Kier molecular flexibility index (Phi) is 3.90. The van der Waals surface area contributed by atoms with Crippen molar-refractivity contribution in [3.05, 3.63) is 47.8 Å². The van der Waals surface area contributed by atoms with E-state index in [4.69, 9.17) is 5.11 Å². The van der Waals surface area contributed by atoms with Gasteiger partial charge in [-0.15, -0.1) is 0 Å². The molecule has 0 fully saturated rings. The van der Waals surface area contributed by atoms with Gasteiger partial charge in [0, 0.05) is 31.2 Å². The van der Waals surface area contributed by atoms with E-state index in [0.717, 1.165) is 6.42 Å². The summed E-state index contributed by atoms with van der Waals surface area (Å²) in [6.07, 6.45) is 5.37. The van der Waals surface area contributed by atoms with E-state index >= 15 is 0 Å². The van der Waals surface area contributed by atoms with Crippen molar-refractivity contribution in [2.75, 3.05) is 7.05 Å². The minimum absolute atomic E-state index is 0.250. The van der Waals surface area contributed by atoms with E-state index in [0.29, 0.717) is 6.42 Å². The summed E-state index contributed by atoms with van der Waals surface area (Å²) in [6.45, 7) is 0. The summed E-state index contributed by atoms with van der Waals surface area (Å²) >= 11 is 0. The molecule has 4 heteroatoms. The van der Waals surface area contributed by atoms with E-state index in [-0.39, 0.29) is 5.70 Å². The van der Waals surface area contributed by atoms with Gasteiger partial charge in [-0.2, -0.15) is 0 Å². The Labute approximate surface area is 112 Å². The van der Waals surface area contributed by atoms with Crippen molar-refractivity contribution in [3.8, 4) is 0 Å². The van der Waals surface area contributed by atoms with Crippen LogP contribution in [-0.4, -0.2) is 22.7 Å². The monoisotopic (exact) mass is 258 g/mol. The van der Waals surface area contributed by atoms with Crippen molar-refractivity contribution in [1.82, 2.24) is 9.88 Å². The minimum atomic E-state index is -0.916. The van der Waals surface area contributed by atoms with Crippen molar-refractivity contribution < 1.29 is 9.90 Å². The number of aliphatic carboxylic acids is 1. The van der Waals surface area contributed by atoms with Gasteiger partial charge in [0.25, 0.3) is 0 Å². The van der Waals surface area contributed by atoms with Gasteiger partial charge in [-0.1, -0.05) is 24.3 Å². The molecule has 2 N–H and O–H groups in total. The first-order chi connectivity index (χ1) is 9.13. The number of carboxylic acids is 1. The first-order valence-corrected chi connectivity index (χ1v) is 6.27. The number of carbonyl (C=O) groups is 1. The van der Waals surface area contributed by atoms with Gasteiger partial charge in [0.15, 0.2) is 0 Å². The molecule has 19 heavy (non-hydrogen) atoms. The van der Waals surface area contributed by atoms with Crippen LogP contribution in [0.25, 0.3) is 10.9 Å². The molecule has 4 nitrogen and oxygen atoms in total. The molecule has 100 valence electrons. The molecule has 2 aromatic rings. The van der Waals surface area contributed by atoms with Gasteiger partial charge < -0.3 is 15.0 Å². The van der Waals surface area contributed by atoms with Crippen LogP contribution in [0.1, 0.15) is 12.0 Å². The molecule has 0 aliphatic carbocycles. The van der Waals surface area contributed by atoms with Crippen LogP contribution in [0.3, 0.4) is 0 Å². The Hall–Kier alpha value is -2.23. The fourth-order valence-corrected chi connectivity index (χ4v) is 2.29. The molecule has 0 spiro atoms. The molecule has 0 saturated carbocycles. The number of likely N-dealkylation sites (N-methyl/N-ethyl adjacent to an activating group) is 1. The van der Waals surface area contributed by atoms with Crippen LogP contribution in [0.5, 0.6) is 0 Å². The van der Waals surface area contributed by atoms with Crippen LogP contribution < -0.4 is 5.32 Å². The molecular formula is C15H18N2O2. The molecule has 2 rings (SSSR count). The van der Waals surface area contributed by atoms with Crippen LogP contribution >= 0.6 is 0 Å². The van der Waals surface area contributed by atoms with E-state index in [2.05, 4.69) is 28.2 Å². The van der Waals surface area contributed by atoms with Gasteiger partial charge in [-0.05, 0) is 24.5 Å². The number of nitrogens with one attached hydrogen (secondary N) is 1. The maximum absolute atomic E-state index is 10.9. The fourth-order valence-electron chi connectivity index (χ4n) is 2.29. The number of allylic oxidation sites excluding steroid dienone is 1. The van der Waals surface area contributed by atoms with Gasteiger partial charge >= 0.3 is 5.97 Å². The Morgan fingerprint density at radius 1 is 1.42 bits per heavy atom. The second-order valence-corrected chi connectivity index (χ2v) is 4.49. The van der Waals surface area contributed by atoms with E-state index in [1.807, 2.05) is 19.2 Å². The average molecular weight is 258 g/mol. The predicted octanol–water partition coefficient (Wildman–Crippen LogP) is 2.30. The Morgan fingerprint density at radius 3 is 2.84 bits per heavy atom. The summed E-state index contributed by atoms with van der Waals surface area (Å²) in [4.78, 5) is 10.9. The number of aryl methyl sites for hydroxylation is 2. The number of nitrogens with zero attached hydrogens (tertiary/aromatic N) is 1. The highest BCUT2D eigenvalue weighted by molar-refractivity contribution is 5.86. The molecule has 0 aliphatic heterocycles. The zero-order chi connectivity index (χ0) is 13.8. The van der Waals surface area contributed by atoms with Crippen LogP contribution in [0.2, 0.25) is 0 Å². The Bertz CT molecular complexity index is 626. The summed E-state index contributed by atoms with van der Waals surface area (Å²) in [5.74, 6) is -0.916. The summed E-state index contributed by atoms with van der Waals surface area (Å²) in [7, 11) is 3.65. The standard InChI is InChI=1S/C15H18N2O2/c1-16-13(15(18)19)8-5-6-11-10-17(2)14-9-4-3-7-12(11)14/h3-4,7-10,16H,5-6H2,1-2H3,(H,18,19)/b13-8-. The third kappa shape index (κ3) is 2.78. The molecule has 0 atom stereocenters. The van der Waals surface area contributed by atoms with Crippen LogP contribution in [-0.2, 0) is 18.3 Å². The SMILES string of the molecule is CN/C(=C\CCc1cn(C)c2ccccc12)C(=O)O. The highest BCUT2D eigenvalue weighted by Crippen LogP contribution is 2.21. The van der Waals surface area contributed by atoms with Crippen LogP contribution in [0, 0.1) is 0 Å². The summed E-state index contributed by atoms with van der Waals surface area (Å²) < 4.78 is 2.10. The molecule has 1 aromatic heterocycles. The second kappa shape index (κ2) is 5.61. The largest absolute Gasteiger partial charge is 0.477 e. The second-order valence-electron chi connectivity index (χ2n) is 4.49. The number of rotatable bonds is 5. The van der Waals surface area contributed by atoms with Crippen LogP contribution in [0.4, 0.5) is 0 Å². The van der Waals surface area contributed by atoms with Crippen LogP contribution in [0.15, 0.2) is 42.2 Å². The molecule has 1 heterocycles. The smallest absolute Gasteiger partial charge is 0.351 e. The number of hydrogen-bond acceptors (Lipinski definition) is 2. The van der Waals surface area contributed by atoms with Crippen molar-refractivity contribution in [2.24, 2.45) is 7.05 Å². The van der Waals surface area contributed by atoms with Gasteiger partial charge in [-0.25, -0.2) is 4.79 Å². The number of benzene rings is 1. The normalized spacial score (nSPS) is 11.8. The lowest BCUT2D eigenvalue weighted by Crippen LogP contribution is -2.15. The van der Waals surface area contributed by atoms with Crippen molar-refractivity contribution in [3.63, 3.8) is 0 Å². The lowest BCUT2D eigenvalue weighted by molar-refractivity contribution is -0.133. The van der Waals surface area contributed by atoms with Crippen molar-refractivity contribution in [2.45, 2.75) is 12.8 Å². The lowest BCUT2D eigenvalue weighted by Gasteiger charge is -2.00. The molecule has 0 unspecified atom stereocenters. The number of para-hydroxylation sites is 1. The highest BCUT2D eigenvalue weighted by Gasteiger charge is 2.06. The van der Waals surface area contributed by atoms with Gasteiger partial charge in [0.2, 0.25) is 0 Å². The third-order valence-electron chi connectivity index (χ3n) is 3.24. The maximum atomic E-state index is 10.9. The zero-order valence-corrected chi connectivity index (χ0v) is 11.2. The highest BCUT2D eigenvalue weighted by atomic mass is 16.4. The van der Waals surface area contributed by atoms with Crippen molar-refractivity contribution in [1.29, 1.82) is 0 Å². The molecule has 0 radical (unpaired) electrons. The first kappa shape index (κ1) is 13.2. The molecule has 0 aliphatic rings. The molecule has 0 saturated heterocycles. The Morgan fingerprint density at radius 2 is 2.16 bits per heavy atom. The average Bonchev–Trinajstić information content (AvgIpc) is 2.72. The van der Waals surface area contributed by atoms with Gasteiger partial charge in [0.1, 0.15) is 5.70 Å². The number of carboxylic acid groups (broad SMARTS) is 1. The maximum Gasteiger partial charge on any atom is 0.351 e. The lowest BCUT2D eigenvalue weighted by atomic mass is 10.1. The Balaban J connectivity index is 2.17. The molecule has 0 amide bonds. The van der Waals surface area contributed by atoms with E-state index in [9.17, 15) is 4.79 Å². The molecule has 0 bridgehead atoms. The van der Waals surface area contributed by atoms with E-state index < -0.39 is 5.97 Å². The summed E-state index contributed by atoms with van der Waals surface area (Å²) in [5, 5.41) is 12.8. The van der Waals surface area contributed by atoms with E-state index in [1.165, 1.54) is 16.5 Å². The fraction of sp³-hybridized carbons (Fsp3) is 0.267. The summed E-state index contributed by atoms with van der Waals surface area (Å²) in [6, 6.07) is 8.24. The molecular weight excluding hydrogens is 240 g/mol. The predicted molar refractivity (Wildman–Crippen MR) is 76.0 cm³/mol. The third-order valence-corrected chi connectivity index (χ3v) is 3.24. The number of hydrogen-bond donors (Lipinski definition) is 2. The first-order valence-electron chi connectivity index (χ1n) is 6.27. The topological polar surface area (TPSA) is 54.3 Å². The molecule has 1 aromatic carbocycles. The number of aromatic nitrogens is 1.